The number of hydrogen-bond acceptors (Lipinski definition) is 14. The molecule has 0 atom stereocenters. The second-order valence-electron chi connectivity index (χ2n) is 18.3. The number of hydrogen-bond donors (Lipinski definition) is 5. The number of nitrogens with two attached hydrogens (primary N) is 3. The lowest BCUT2D eigenvalue weighted by Gasteiger charge is -2.32. The maximum absolute atomic E-state index is 10.9. The quantitative estimate of drug-likeness (QED) is 0.0616. The Morgan fingerprint density at radius 1 is 0.609 bits per heavy atom. The number of nitrogens with one attached hydrogen (secondary N) is 1. The molecule has 3 fully saturated rings. The van der Waals surface area contributed by atoms with Crippen molar-refractivity contribution in [2.45, 2.75) is 129 Å². The average Bonchev–Trinajstić information content (AvgIpc) is 3.68. The van der Waals surface area contributed by atoms with Crippen LogP contribution in [0.25, 0.3) is 0 Å². The summed E-state index contributed by atoms with van der Waals surface area (Å²) in [5, 5.41) is 16.7. The minimum Gasteiger partial charge on any atom is -0.497 e. The van der Waals surface area contributed by atoms with Gasteiger partial charge in [-0.15, -0.1) is 0 Å². The van der Waals surface area contributed by atoms with E-state index in [2.05, 4.69) is 23.7 Å². The first-order chi connectivity index (χ1) is 29.5. The zero-order chi connectivity index (χ0) is 48.6. The predicted octanol–water partition coefficient (Wildman–Crippen LogP) is 4.60. The zero-order valence-corrected chi connectivity index (χ0v) is 41.6. The molecule has 3 aromatic carbocycles. The smallest absolute Gasteiger partial charge is 0.497 e. The Balaban J connectivity index is 0.000000245. The summed E-state index contributed by atoms with van der Waals surface area (Å²) in [6.45, 7) is 24.1. The van der Waals surface area contributed by atoms with E-state index in [0.717, 1.165) is 39.6 Å². The monoisotopic (exact) mass is 924 g/mol. The van der Waals surface area contributed by atoms with Gasteiger partial charge in [0.15, 0.2) is 10.3 Å². The van der Waals surface area contributed by atoms with E-state index in [0.29, 0.717) is 22.8 Å². The van der Waals surface area contributed by atoms with Crippen LogP contribution in [0.2, 0.25) is 0 Å². The molecule has 0 unspecified atom stereocenters. The van der Waals surface area contributed by atoms with Crippen LogP contribution in [0.1, 0.15) is 105 Å². The van der Waals surface area contributed by atoms with E-state index < -0.39 is 55.0 Å². The van der Waals surface area contributed by atoms with E-state index in [1.807, 2.05) is 119 Å². The number of benzene rings is 3. The first kappa shape index (κ1) is 54.5. The number of carbonyl (C=O) groups is 1. The van der Waals surface area contributed by atoms with E-state index in [9.17, 15) is 9.90 Å². The fraction of sp³-hybridized carbons (Fsp3) is 0.523. The van der Waals surface area contributed by atoms with Gasteiger partial charge in [-0.1, -0.05) is 36.0 Å². The number of rotatable bonds is 10. The second-order valence-corrected chi connectivity index (χ2v) is 19.7. The van der Waals surface area contributed by atoms with Crippen LogP contribution in [0.5, 0.6) is 17.2 Å². The molecule has 0 saturated carbocycles. The lowest BCUT2D eigenvalue weighted by Crippen LogP contribution is -2.41. The summed E-state index contributed by atoms with van der Waals surface area (Å²) >= 11 is 5.38. The molecule has 0 aromatic heterocycles. The summed E-state index contributed by atoms with van der Waals surface area (Å²) in [6, 6.07) is 16.6. The molecule has 350 valence electrons. The van der Waals surface area contributed by atoms with E-state index in [4.69, 9.17) is 53.3 Å². The third kappa shape index (κ3) is 13.4. The Bertz CT molecular complexity index is 2060. The fourth-order valence-corrected chi connectivity index (χ4v) is 6.71. The Morgan fingerprint density at radius 2 is 0.906 bits per heavy atom. The number of aldehydes is 1. The molecule has 3 aliphatic heterocycles. The van der Waals surface area contributed by atoms with Gasteiger partial charge in [-0.05, 0) is 137 Å². The lowest BCUT2D eigenvalue weighted by atomic mass is 9.77. The van der Waals surface area contributed by atoms with Crippen molar-refractivity contribution in [3.05, 3.63) is 71.3 Å². The van der Waals surface area contributed by atoms with Crippen molar-refractivity contribution in [2.75, 3.05) is 21.3 Å². The van der Waals surface area contributed by atoms with Gasteiger partial charge in [0.2, 0.25) is 0 Å². The maximum atomic E-state index is 10.9. The third-order valence-electron chi connectivity index (χ3n) is 12.1. The van der Waals surface area contributed by atoms with Gasteiger partial charge in [-0.3, -0.25) is 10.2 Å². The highest BCUT2D eigenvalue weighted by Gasteiger charge is 2.54. The molecule has 0 amide bonds. The highest BCUT2D eigenvalue weighted by Crippen LogP contribution is 2.39. The summed E-state index contributed by atoms with van der Waals surface area (Å²) in [5.74, 6) is 2.72. The Hall–Kier alpha value is -3.85. The topological polar surface area (TPSA) is 222 Å². The third-order valence-corrected chi connectivity index (χ3v) is 12.9. The van der Waals surface area contributed by atoms with Gasteiger partial charge in [0.05, 0.1) is 61.5 Å². The molecule has 8 N–H and O–H groups in total. The molecule has 0 aliphatic carbocycles. The van der Waals surface area contributed by atoms with Gasteiger partial charge in [-0.25, -0.2) is 0 Å². The van der Waals surface area contributed by atoms with E-state index in [1.54, 1.807) is 39.5 Å². The van der Waals surface area contributed by atoms with Crippen molar-refractivity contribution in [1.82, 2.24) is 0 Å². The normalized spacial score (nSPS) is 19.2. The molecule has 0 spiro atoms. The highest BCUT2D eigenvalue weighted by atomic mass is 32.2. The van der Waals surface area contributed by atoms with Gasteiger partial charge in [0.1, 0.15) is 23.5 Å². The molecule has 20 heteroatoms. The molecule has 0 bridgehead atoms. The fourth-order valence-electron chi connectivity index (χ4n) is 6.21. The van der Waals surface area contributed by atoms with Crippen molar-refractivity contribution in [1.29, 1.82) is 5.41 Å². The largest absolute Gasteiger partial charge is 0.498 e. The molecule has 6 rings (SSSR count). The van der Waals surface area contributed by atoms with Gasteiger partial charge >= 0.3 is 21.4 Å². The summed E-state index contributed by atoms with van der Waals surface area (Å²) in [6.07, 6.45) is 0.800. The minimum atomic E-state index is -0.528. The van der Waals surface area contributed by atoms with Gasteiger partial charge < -0.3 is 64.4 Å². The number of ether oxygens (including phenoxy) is 3. The Kier molecular flexibility index (Phi) is 18.4. The lowest BCUT2D eigenvalue weighted by molar-refractivity contribution is 0.00578. The van der Waals surface area contributed by atoms with E-state index in [1.165, 1.54) is 11.8 Å². The minimum absolute atomic E-state index is 0.000000000000000222. The Morgan fingerprint density at radius 3 is 1.20 bits per heavy atom. The predicted molar refractivity (Wildman–Crippen MR) is 262 cm³/mol. The van der Waals surface area contributed by atoms with Crippen LogP contribution in [-0.4, -0.2) is 98.0 Å². The number of carbonyl (C=O) groups excluding carboxylic acids is 1. The van der Waals surface area contributed by atoms with Crippen LogP contribution in [0.3, 0.4) is 0 Å². The molecule has 3 aromatic rings. The summed E-state index contributed by atoms with van der Waals surface area (Å²) in [4.78, 5) is 10.9. The molecule has 64 heavy (non-hydrogen) atoms. The molecule has 3 aliphatic rings. The molecular weight excluding hydrogens is 857 g/mol. The van der Waals surface area contributed by atoms with Crippen LogP contribution in [-0.2, 0) is 40.3 Å². The van der Waals surface area contributed by atoms with Crippen LogP contribution in [0.15, 0.2) is 54.6 Å². The molecule has 0 radical (unpaired) electrons. The maximum Gasteiger partial charge on any atom is 0.498 e. The Labute approximate surface area is 390 Å². The summed E-state index contributed by atoms with van der Waals surface area (Å²) in [5.41, 5.74) is 17.1. The van der Waals surface area contributed by atoms with Crippen molar-refractivity contribution < 1.29 is 52.0 Å². The van der Waals surface area contributed by atoms with Crippen LogP contribution < -0.4 is 47.8 Å². The number of methoxy groups -OCH3 is 3. The molecule has 3 saturated heterocycles. The summed E-state index contributed by atoms with van der Waals surface area (Å²) < 4.78 is 52.3. The van der Waals surface area contributed by atoms with Gasteiger partial charge in [0, 0.05) is 27.7 Å². The number of thioether (sulfide) groups is 1. The van der Waals surface area contributed by atoms with Crippen molar-refractivity contribution in [3.63, 3.8) is 0 Å². The number of thiocarbonyl (C=S) groups is 1. The van der Waals surface area contributed by atoms with Crippen molar-refractivity contribution >= 4 is 78.3 Å². The molecular formula is C44H67B3N4O11S2. The van der Waals surface area contributed by atoms with Gasteiger partial charge in [0.25, 0.3) is 0 Å². The van der Waals surface area contributed by atoms with Crippen molar-refractivity contribution in [2.24, 2.45) is 17.2 Å². The molecule has 15 nitrogen and oxygen atoms in total. The number of aliphatic hydroxyl groups excluding tert-OH is 1. The average molecular weight is 925 g/mol. The second kappa shape index (κ2) is 21.6. The van der Waals surface area contributed by atoms with E-state index in [-0.39, 0.29) is 16.9 Å². The van der Waals surface area contributed by atoms with Gasteiger partial charge in [-0.2, -0.15) is 0 Å². The first-order valence-electron chi connectivity index (χ1n) is 20.7. The van der Waals surface area contributed by atoms with Crippen LogP contribution >= 0.6 is 24.0 Å². The number of amidine groups is 1. The van der Waals surface area contributed by atoms with E-state index >= 15 is 0 Å². The first-order valence-corrected chi connectivity index (χ1v) is 22.1. The highest BCUT2D eigenvalue weighted by molar-refractivity contribution is 8.13. The summed E-state index contributed by atoms with van der Waals surface area (Å²) in [7, 11) is 3.36. The standard InChI is InChI=1S/C15H23BN2O3S.C14H21BO4.C14H19BO4.CH4N2S/c1-14(2)15(3,4)21-16(20-14)11-8-10(9-22-13(17)18)6-7-12(11)19-5;2*1-13(2)14(3,4)19-15(18-13)11-8-10(9-16)6-7-12(11)17-5;2-1(3)4/h6-8H,9H2,1-5H3,(H3,17,18);6-8,16H,9H2,1-5H3;6-9H,1-5H3;(H4,2,3,4). The van der Waals surface area contributed by atoms with Crippen LogP contribution in [0.4, 0.5) is 0 Å². The number of aliphatic hydroxyl groups is 1. The van der Waals surface area contributed by atoms with Crippen LogP contribution in [0, 0.1) is 5.41 Å². The molecule has 3 heterocycles. The SMILES string of the molecule is COc1ccc(C=O)cc1B1OC(C)(C)C(C)(C)O1.COc1ccc(CO)cc1B1OC(C)(C)C(C)(C)O1.COc1ccc(CSC(=N)N)cc1B1OC(C)(C)C(C)(C)O1.NC(N)=S. The zero-order valence-electron chi connectivity index (χ0n) is 40.0. The van der Waals surface area contributed by atoms with Crippen molar-refractivity contribution in [3.8, 4) is 17.2 Å².